The van der Waals surface area contributed by atoms with E-state index in [0.717, 1.165) is 28.1 Å². The van der Waals surface area contributed by atoms with E-state index in [1.165, 1.54) is 36.0 Å². The minimum Gasteiger partial charge on any atom is -0.325 e. The first-order chi connectivity index (χ1) is 15.4. The summed E-state index contributed by atoms with van der Waals surface area (Å²) in [5.41, 5.74) is 3.88. The van der Waals surface area contributed by atoms with Crippen molar-refractivity contribution in [1.29, 1.82) is 0 Å². The summed E-state index contributed by atoms with van der Waals surface area (Å²) < 4.78 is 0. The van der Waals surface area contributed by atoms with Crippen molar-refractivity contribution in [2.24, 2.45) is 0 Å². The van der Waals surface area contributed by atoms with Gasteiger partial charge in [-0.3, -0.25) is 19.7 Å². The Morgan fingerprint density at radius 2 is 1.66 bits per heavy atom. The van der Waals surface area contributed by atoms with Gasteiger partial charge < -0.3 is 10.6 Å². The number of benzene rings is 3. The molecule has 0 saturated heterocycles. The van der Waals surface area contributed by atoms with E-state index in [4.69, 9.17) is 0 Å². The van der Waals surface area contributed by atoms with Gasteiger partial charge in [0, 0.05) is 34.0 Å². The highest BCUT2D eigenvalue weighted by Gasteiger charge is 2.11. The third-order valence-electron chi connectivity index (χ3n) is 4.83. The van der Waals surface area contributed by atoms with Gasteiger partial charge in [0.1, 0.15) is 0 Å². The van der Waals surface area contributed by atoms with Gasteiger partial charge in [-0.2, -0.15) is 0 Å². The van der Waals surface area contributed by atoms with Gasteiger partial charge >= 0.3 is 0 Å². The van der Waals surface area contributed by atoms with Gasteiger partial charge in [-0.1, -0.05) is 25.1 Å². The van der Waals surface area contributed by atoms with Crippen LogP contribution in [-0.4, -0.2) is 22.5 Å². The second kappa shape index (κ2) is 10.6. The Bertz CT molecular complexity index is 1130. The summed E-state index contributed by atoms with van der Waals surface area (Å²) in [4.78, 5) is 35.8. The molecule has 0 saturated carbocycles. The van der Waals surface area contributed by atoms with Gasteiger partial charge in [-0.05, 0) is 60.9 Å². The number of hydrogen-bond acceptors (Lipinski definition) is 5. The lowest BCUT2D eigenvalue weighted by Gasteiger charge is -2.13. The molecular formula is C24H23N3O4S. The molecule has 0 aliphatic rings. The SMILES string of the molecule is CCc1cccc(C)c1NC(=O)CSc1ccc(NC(=O)c2ccc([N+](=O)[O-])cc2)cc1. The van der Waals surface area contributed by atoms with Crippen molar-refractivity contribution in [3.05, 3.63) is 93.5 Å². The van der Waals surface area contributed by atoms with Crippen LogP contribution in [0.25, 0.3) is 0 Å². The van der Waals surface area contributed by atoms with Gasteiger partial charge in [0.25, 0.3) is 11.6 Å². The van der Waals surface area contributed by atoms with Crippen LogP contribution in [0.15, 0.2) is 71.6 Å². The van der Waals surface area contributed by atoms with Crippen LogP contribution < -0.4 is 10.6 Å². The fraction of sp³-hybridized carbons (Fsp3) is 0.167. The zero-order valence-corrected chi connectivity index (χ0v) is 18.6. The van der Waals surface area contributed by atoms with E-state index in [9.17, 15) is 19.7 Å². The maximum absolute atomic E-state index is 12.4. The number of thioether (sulfide) groups is 1. The maximum Gasteiger partial charge on any atom is 0.269 e. The summed E-state index contributed by atoms with van der Waals surface area (Å²) in [7, 11) is 0. The lowest BCUT2D eigenvalue weighted by molar-refractivity contribution is -0.384. The first-order valence-corrected chi connectivity index (χ1v) is 11.0. The molecular weight excluding hydrogens is 426 g/mol. The number of amides is 2. The van der Waals surface area contributed by atoms with Crippen LogP contribution >= 0.6 is 11.8 Å². The molecule has 3 aromatic carbocycles. The first kappa shape index (κ1) is 23.0. The van der Waals surface area contributed by atoms with Crippen LogP contribution in [-0.2, 0) is 11.2 Å². The number of carbonyl (C=O) groups excluding carboxylic acids is 2. The molecule has 8 heteroatoms. The zero-order valence-electron chi connectivity index (χ0n) is 17.8. The van der Waals surface area contributed by atoms with E-state index < -0.39 is 4.92 Å². The standard InChI is InChI=1S/C24H23N3O4S/c1-3-17-6-4-5-16(2)23(17)26-22(28)15-32-21-13-9-19(10-14-21)25-24(29)18-7-11-20(12-8-18)27(30)31/h4-14H,3,15H2,1-2H3,(H,25,29)(H,26,28). The van der Waals surface area contributed by atoms with Crippen molar-refractivity contribution in [3.63, 3.8) is 0 Å². The van der Waals surface area contributed by atoms with Crippen LogP contribution in [0.1, 0.15) is 28.4 Å². The fourth-order valence-corrected chi connectivity index (χ4v) is 3.80. The molecule has 2 amide bonds. The summed E-state index contributed by atoms with van der Waals surface area (Å²) in [6.45, 7) is 4.03. The number of nitrogens with one attached hydrogen (secondary N) is 2. The molecule has 0 radical (unpaired) electrons. The second-order valence-corrected chi connectivity index (χ2v) is 8.13. The van der Waals surface area contributed by atoms with Gasteiger partial charge in [-0.25, -0.2) is 0 Å². The zero-order chi connectivity index (χ0) is 23.1. The molecule has 0 bridgehead atoms. The number of nitrogens with zero attached hydrogens (tertiary/aromatic N) is 1. The number of nitro groups is 1. The number of nitro benzene ring substituents is 1. The summed E-state index contributed by atoms with van der Waals surface area (Å²) in [6, 6.07) is 18.5. The lowest BCUT2D eigenvalue weighted by atomic mass is 10.1. The summed E-state index contributed by atoms with van der Waals surface area (Å²) in [5, 5.41) is 16.5. The lowest BCUT2D eigenvalue weighted by Crippen LogP contribution is -2.16. The molecule has 2 N–H and O–H groups in total. The Morgan fingerprint density at radius 1 is 0.969 bits per heavy atom. The van der Waals surface area contributed by atoms with Gasteiger partial charge in [0.2, 0.25) is 5.91 Å². The maximum atomic E-state index is 12.4. The molecule has 7 nitrogen and oxygen atoms in total. The van der Waals surface area contributed by atoms with E-state index >= 15 is 0 Å². The molecule has 3 aromatic rings. The Hall–Kier alpha value is -3.65. The summed E-state index contributed by atoms with van der Waals surface area (Å²) in [5.74, 6) is -0.161. The van der Waals surface area contributed by atoms with E-state index in [-0.39, 0.29) is 23.3 Å². The second-order valence-electron chi connectivity index (χ2n) is 7.08. The van der Waals surface area contributed by atoms with Crippen LogP contribution in [0.5, 0.6) is 0 Å². The minimum absolute atomic E-state index is 0.0692. The van der Waals surface area contributed by atoms with E-state index in [2.05, 4.69) is 17.6 Å². The van der Waals surface area contributed by atoms with Crippen molar-refractivity contribution in [1.82, 2.24) is 0 Å². The third kappa shape index (κ3) is 5.95. The van der Waals surface area contributed by atoms with Crippen molar-refractivity contribution in [2.75, 3.05) is 16.4 Å². The van der Waals surface area contributed by atoms with Crippen LogP contribution in [0, 0.1) is 17.0 Å². The molecule has 0 spiro atoms. The van der Waals surface area contributed by atoms with E-state index in [0.29, 0.717) is 11.3 Å². The Kier molecular flexibility index (Phi) is 7.62. The van der Waals surface area contributed by atoms with Gasteiger partial charge in [0.05, 0.1) is 10.7 Å². The minimum atomic E-state index is -0.512. The highest BCUT2D eigenvalue weighted by molar-refractivity contribution is 8.00. The Morgan fingerprint density at radius 3 is 2.28 bits per heavy atom. The third-order valence-corrected chi connectivity index (χ3v) is 5.84. The Balaban J connectivity index is 1.54. The molecule has 0 atom stereocenters. The molecule has 0 aliphatic carbocycles. The molecule has 164 valence electrons. The number of carbonyl (C=O) groups is 2. The predicted molar refractivity (Wildman–Crippen MR) is 127 cm³/mol. The number of non-ortho nitro benzene ring substituents is 1. The molecule has 0 aromatic heterocycles. The molecule has 32 heavy (non-hydrogen) atoms. The van der Waals surface area contributed by atoms with Crippen LogP contribution in [0.4, 0.5) is 17.1 Å². The summed E-state index contributed by atoms with van der Waals surface area (Å²) in [6.07, 6.45) is 0.845. The highest BCUT2D eigenvalue weighted by Crippen LogP contribution is 2.24. The average molecular weight is 450 g/mol. The number of aryl methyl sites for hydroxylation is 2. The Labute approximate surface area is 190 Å². The summed E-state index contributed by atoms with van der Waals surface area (Å²) >= 11 is 1.41. The average Bonchev–Trinajstić information content (AvgIpc) is 2.80. The number of hydrogen-bond donors (Lipinski definition) is 2. The normalized spacial score (nSPS) is 10.4. The molecule has 0 heterocycles. The topological polar surface area (TPSA) is 101 Å². The molecule has 0 aliphatic heterocycles. The molecule has 3 rings (SSSR count). The molecule has 0 fully saturated rings. The predicted octanol–water partition coefficient (Wildman–Crippen LogP) is 5.45. The molecule has 0 unspecified atom stereocenters. The monoisotopic (exact) mass is 449 g/mol. The number of para-hydroxylation sites is 1. The van der Waals surface area contributed by atoms with Gasteiger partial charge in [0.15, 0.2) is 0 Å². The van der Waals surface area contributed by atoms with Crippen molar-refractivity contribution < 1.29 is 14.5 Å². The number of rotatable bonds is 8. The largest absolute Gasteiger partial charge is 0.325 e. The number of anilines is 2. The highest BCUT2D eigenvalue weighted by atomic mass is 32.2. The van der Waals surface area contributed by atoms with Crippen molar-refractivity contribution in [3.8, 4) is 0 Å². The van der Waals surface area contributed by atoms with Crippen LogP contribution in [0.2, 0.25) is 0 Å². The first-order valence-electron chi connectivity index (χ1n) is 10.0. The fourth-order valence-electron chi connectivity index (χ4n) is 3.10. The van der Waals surface area contributed by atoms with E-state index in [1.807, 2.05) is 37.3 Å². The van der Waals surface area contributed by atoms with Crippen molar-refractivity contribution >= 4 is 40.6 Å². The van der Waals surface area contributed by atoms with Crippen LogP contribution in [0.3, 0.4) is 0 Å². The van der Waals surface area contributed by atoms with E-state index in [1.54, 1.807) is 12.1 Å². The van der Waals surface area contributed by atoms with Crippen molar-refractivity contribution in [2.45, 2.75) is 25.2 Å². The smallest absolute Gasteiger partial charge is 0.269 e. The quantitative estimate of drug-likeness (QED) is 0.271. The van der Waals surface area contributed by atoms with Gasteiger partial charge in [-0.15, -0.1) is 11.8 Å².